The number of benzene rings is 2. The Morgan fingerprint density at radius 1 is 0.833 bits per heavy atom. The first kappa shape index (κ1) is 19.8. The monoisotopic (exact) mass is 404 g/mol. The van der Waals surface area contributed by atoms with Crippen molar-refractivity contribution in [1.29, 1.82) is 0 Å². The first-order chi connectivity index (χ1) is 14.6. The predicted molar refractivity (Wildman–Crippen MR) is 113 cm³/mol. The van der Waals surface area contributed by atoms with E-state index in [1.54, 1.807) is 28.9 Å². The van der Waals surface area contributed by atoms with Crippen LogP contribution >= 0.6 is 0 Å². The van der Waals surface area contributed by atoms with Crippen molar-refractivity contribution in [3.8, 4) is 16.9 Å². The summed E-state index contributed by atoms with van der Waals surface area (Å²) in [5, 5.41) is 0. The van der Waals surface area contributed by atoms with Crippen LogP contribution in [0.15, 0.2) is 77.4 Å². The zero-order valence-corrected chi connectivity index (χ0v) is 16.9. The van der Waals surface area contributed by atoms with Gasteiger partial charge in [0.1, 0.15) is 5.75 Å². The molecular weight excluding hydrogens is 380 g/mol. The van der Waals surface area contributed by atoms with Crippen LogP contribution in [0.1, 0.15) is 17.5 Å². The number of carbonyl (C=O) groups excluding carboxylic acids is 2. The van der Waals surface area contributed by atoms with Gasteiger partial charge in [-0.25, -0.2) is 0 Å². The smallest absolute Gasteiger partial charge is 0.289 e. The number of rotatable bonds is 5. The minimum absolute atomic E-state index is 0.0766. The summed E-state index contributed by atoms with van der Waals surface area (Å²) < 4.78 is 11.0. The SMILES string of the molecule is CC(Oc1ccc(-c2ccccc2)cc1)C(=O)N1CCN(C(=O)c2ccco2)CC1. The van der Waals surface area contributed by atoms with Gasteiger partial charge in [-0.3, -0.25) is 9.59 Å². The third-order valence-corrected chi connectivity index (χ3v) is 5.23. The molecule has 6 heteroatoms. The van der Waals surface area contributed by atoms with Crippen LogP contribution in [0.25, 0.3) is 11.1 Å². The summed E-state index contributed by atoms with van der Waals surface area (Å²) in [6.07, 6.45) is 0.887. The highest BCUT2D eigenvalue weighted by Gasteiger charge is 2.29. The Morgan fingerprint density at radius 2 is 1.47 bits per heavy atom. The lowest BCUT2D eigenvalue weighted by Crippen LogP contribution is -2.53. The zero-order chi connectivity index (χ0) is 20.9. The van der Waals surface area contributed by atoms with Crippen molar-refractivity contribution in [1.82, 2.24) is 9.80 Å². The van der Waals surface area contributed by atoms with Crippen molar-refractivity contribution < 1.29 is 18.7 Å². The molecule has 1 saturated heterocycles. The van der Waals surface area contributed by atoms with Gasteiger partial charge >= 0.3 is 0 Å². The lowest BCUT2D eigenvalue weighted by molar-refractivity contribution is -0.139. The van der Waals surface area contributed by atoms with E-state index >= 15 is 0 Å². The first-order valence-electron chi connectivity index (χ1n) is 10.1. The van der Waals surface area contributed by atoms with Gasteiger partial charge in [0.15, 0.2) is 11.9 Å². The van der Waals surface area contributed by atoms with E-state index in [0.29, 0.717) is 37.7 Å². The summed E-state index contributed by atoms with van der Waals surface area (Å²) in [7, 11) is 0. The molecule has 0 spiro atoms. The van der Waals surface area contributed by atoms with Crippen molar-refractivity contribution in [2.75, 3.05) is 26.2 Å². The maximum Gasteiger partial charge on any atom is 0.289 e. The number of hydrogen-bond donors (Lipinski definition) is 0. The second-order valence-corrected chi connectivity index (χ2v) is 7.25. The van der Waals surface area contributed by atoms with Crippen molar-refractivity contribution in [2.45, 2.75) is 13.0 Å². The molecule has 3 aromatic rings. The third kappa shape index (κ3) is 4.38. The Hall–Kier alpha value is -3.54. The zero-order valence-electron chi connectivity index (χ0n) is 16.9. The predicted octanol–water partition coefficient (Wildman–Crippen LogP) is 3.70. The summed E-state index contributed by atoms with van der Waals surface area (Å²) in [6.45, 7) is 3.67. The average Bonchev–Trinajstić information content (AvgIpc) is 3.34. The van der Waals surface area contributed by atoms with E-state index in [-0.39, 0.29) is 11.8 Å². The maximum atomic E-state index is 12.8. The molecule has 2 heterocycles. The van der Waals surface area contributed by atoms with Gasteiger partial charge in [0.05, 0.1) is 6.26 Å². The minimum atomic E-state index is -0.597. The molecule has 1 aromatic heterocycles. The Balaban J connectivity index is 1.30. The van der Waals surface area contributed by atoms with E-state index in [2.05, 4.69) is 12.1 Å². The van der Waals surface area contributed by atoms with Crippen molar-refractivity contribution in [2.24, 2.45) is 0 Å². The van der Waals surface area contributed by atoms with Crippen LogP contribution in [0.3, 0.4) is 0 Å². The fourth-order valence-corrected chi connectivity index (χ4v) is 3.55. The molecule has 1 fully saturated rings. The molecule has 1 aliphatic heterocycles. The van der Waals surface area contributed by atoms with E-state index in [1.165, 1.54) is 6.26 Å². The minimum Gasteiger partial charge on any atom is -0.481 e. The molecule has 1 aliphatic rings. The molecule has 2 aromatic carbocycles. The number of piperazine rings is 1. The Kier molecular flexibility index (Phi) is 5.84. The number of hydrogen-bond acceptors (Lipinski definition) is 4. The van der Waals surface area contributed by atoms with Gasteiger partial charge in [-0.1, -0.05) is 42.5 Å². The normalized spacial score (nSPS) is 15.0. The van der Waals surface area contributed by atoms with Crippen LogP contribution in [0.5, 0.6) is 5.75 Å². The van der Waals surface area contributed by atoms with E-state index < -0.39 is 6.10 Å². The molecule has 0 bridgehead atoms. The highest BCUT2D eigenvalue weighted by atomic mass is 16.5. The van der Waals surface area contributed by atoms with Crippen LogP contribution in [-0.2, 0) is 4.79 Å². The molecule has 1 atom stereocenters. The molecule has 0 aliphatic carbocycles. The van der Waals surface area contributed by atoms with E-state index in [0.717, 1.165) is 11.1 Å². The first-order valence-corrected chi connectivity index (χ1v) is 10.1. The van der Waals surface area contributed by atoms with Gasteiger partial charge in [0, 0.05) is 26.2 Å². The molecule has 2 amide bonds. The number of amides is 2. The van der Waals surface area contributed by atoms with Gasteiger partial charge in [0.25, 0.3) is 11.8 Å². The molecule has 1 unspecified atom stereocenters. The largest absolute Gasteiger partial charge is 0.481 e. The van der Waals surface area contributed by atoms with Gasteiger partial charge in [0.2, 0.25) is 0 Å². The van der Waals surface area contributed by atoms with Gasteiger partial charge in [-0.2, -0.15) is 0 Å². The van der Waals surface area contributed by atoms with Crippen LogP contribution in [0, 0.1) is 0 Å². The summed E-state index contributed by atoms with van der Waals surface area (Å²) in [6, 6.07) is 21.2. The quantitative estimate of drug-likeness (QED) is 0.651. The van der Waals surface area contributed by atoms with Crippen LogP contribution in [0.2, 0.25) is 0 Å². The standard InChI is InChI=1S/C24H24N2O4/c1-18(30-21-11-9-20(10-12-21)19-6-3-2-4-7-19)23(27)25-13-15-26(16-14-25)24(28)22-8-5-17-29-22/h2-12,17-18H,13-16H2,1H3. The van der Waals surface area contributed by atoms with Gasteiger partial charge < -0.3 is 19.0 Å². The molecule has 154 valence electrons. The summed E-state index contributed by atoms with van der Waals surface area (Å²) in [5.41, 5.74) is 2.23. The van der Waals surface area contributed by atoms with E-state index in [9.17, 15) is 9.59 Å². The molecule has 30 heavy (non-hydrogen) atoms. The highest BCUT2D eigenvalue weighted by molar-refractivity contribution is 5.91. The lowest BCUT2D eigenvalue weighted by Gasteiger charge is -2.35. The Bertz CT molecular complexity index is 976. The van der Waals surface area contributed by atoms with Crippen LogP contribution in [-0.4, -0.2) is 53.9 Å². The van der Waals surface area contributed by atoms with Crippen molar-refractivity contribution in [3.05, 3.63) is 78.8 Å². The molecule has 0 saturated carbocycles. The number of nitrogens with zero attached hydrogens (tertiary/aromatic N) is 2. The number of ether oxygens (including phenoxy) is 1. The highest BCUT2D eigenvalue weighted by Crippen LogP contribution is 2.23. The number of furan rings is 1. The van der Waals surface area contributed by atoms with E-state index in [1.807, 2.05) is 42.5 Å². The molecule has 0 N–H and O–H groups in total. The van der Waals surface area contributed by atoms with Crippen molar-refractivity contribution >= 4 is 11.8 Å². The summed E-state index contributed by atoms with van der Waals surface area (Å²) >= 11 is 0. The van der Waals surface area contributed by atoms with E-state index in [4.69, 9.17) is 9.15 Å². The average molecular weight is 404 g/mol. The number of carbonyl (C=O) groups is 2. The molecular formula is C24H24N2O4. The second kappa shape index (κ2) is 8.86. The maximum absolute atomic E-state index is 12.8. The third-order valence-electron chi connectivity index (χ3n) is 5.23. The Morgan fingerprint density at radius 3 is 2.10 bits per heavy atom. The Labute approximate surface area is 175 Å². The topological polar surface area (TPSA) is 63.0 Å². The molecule has 0 radical (unpaired) electrons. The molecule has 6 nitrogen and oxygen atoms in total. The lowest BCUT2D eigenvalue weighted by atomic mass is 10.1. The summed E-state index contributed by atoms with van der Waals surface area (Å²) in [4.78, 5) is 28.6. The van der Waals surface area contributed by atoms with Crippen molar-refractivity contribution in [3.63, 3.8) is 0 Å². The fourth-order valence-electron chi connectivity index (χ4n) is 3.55. The van der Waals surface area contributed by atoms with Crippen LogP contribution in [0.4, 0.5) is 0 Å². The van der Waals surface area contributed by atoms with Gasteiger partial charge in [-0.15, -0.1) is 0 Å². The molecule has 4 rings (SSSR count). The second-order valence-electron chi connectivity index (χ2n) is 7.25. The fraction of sp³-hybridized carbons (Fsp3) is 0.250. The summed E-state index contributed by atoms with van der Waals surface area (Å²) in [5.74, 6) is 0.759. The van der Waals surface area contributed by atoms with Gasteiger partial charge in [-0.05, 0) is 42.3 Å². The van der Waals surface area contributed by atoms with Crippen LogP contribution < -0.4 is 4.74 Å².